The Labute approximate surface area is 379 Å². The van der Waals surface area contributed by atoms with E-state index in [9.17, 15) is 30.0 Å². The Hall–Kier alpha value is -1.82. The molecule has 1 rings (SSSR count). The van der Waals surface area contributed by atoms with E-state index < -0.39 is 49.4 Å². The van der Waals surface area contributed by atoms with Crippen LogP contribution in [0.15, 0.2) is 24.3 Å². The fourth-order valence-electron chi connectivity index (χ4n) is 7.99. The van der Waals surface area contributed by atoms with Crippen LogP contribution in [0.4, 0.5) is 0 Å². The maximum Gasteiger partial charge on any atom is 0.306 e. The zero-order valence-corrected chi connectivity index (χ0v) is 39.9. The summed E-state index contributed by atoms with van der Waals surface area (Å²) in [6, 6.07) is 0. The highest BCUT2D eigenvalue weighted by molar-refractivity contribution is 5.70. The molecule has 6 unspecified atom stereocenters. The minimum Gasteiger partial charge on any atom is -0.462 e. The molecule has 1 aliphatic rings. The van der Waals surface area contributed by atoms with Crippen LogP contribution in [-0.2, 0) is 28.5 Å². The summed E-state index contributed by atoms with van der Waals surface area (Å²) in [4.78, 5) is 25.4. The number of unbranched alkanes of at least 4 members (excludes halogenated alkanes) is 29. The van der Waals surface area contributed by atoms with Crippen molar-refractivity contribution in [2.75, 3.05) is 19.8 Å². The zero-order chi connectivity index (χ0) is 45.1. The van der Waals surface area contributed by atoms with Crippen LogP contribution in [0, 0.1) is 0 Å². The summed E-state index contributed by atoms with van der Waals surface area (Å²) in [7, 11) is 0. The molecular formula is C52H96O10. The number of allylic oxidation sites excluding steroid dienone is 4. The van der Waals surface area contributed by atoms with Gasteiger partial charge in [-0.3, -0.25) is 9.59 Å². The molecule has 0 spiro atoms. The predicted octanol–water partition coefficient (Wildman–Crippen LogP) is 12.1. The van der Waals surface area contributed by atoms with Gasteiger partial charge in [0.2, 0.25) is 0 Å². The van der Waals surface area contributed by atoms with Gasteiger partial charge in [0.1, 0.15) is 31.0 Å². The number of aliphatic hydroxyl groups excluding tert-OH is 4. The van der Waals surface area contributed by atoms with Crippen LogP contribution in [-0.4, -0.2) is 89.0 Å². The van der Waals surface area contributed by atoms with Crippen molar-refractivity contribution in [3.8, 4) is 0 Å². The molecule has 0 aromatic carbocycles. The first-order chi connectivity index (χ1) is 30.3. The first-order valence-electron chi connectivity index (χ1n) is 25.9. The summed E-state index contributed by atoms with van der Waals surface area (Å²) in [5.74, 6) is -0.797. The molecular weight excluding hydrogens is 785 g/mol. The molecule has 0 amide bonds. The third-order valence-electron chi connectivity index (χ3n) is 12.1. The van der Waals surface area contributed by atoms with Gasteiger partial charge in [0.15, 0.2) is 12.4 Å². The Morgan fingerprint density at radius 1 is 0.500 bits per heavy atom. The van der Waals surface area contributed by atoms with Gasteiger partial charge in [0, 0.05) is 12.8 Å². The minimum atomic E-state index is -1.59. The van der Waals surface area contributed by atoms with E-state index >= 15 is 0 Å². The SMILES string of the molecule is CCCCCCC/C=C\C/C=C\CCCCCCCCCCCCCC(=O)OC(COC(=O)CCCCCCCCCCCCCCCC)COC1OC(CO)C(O)C(O)C1O. The Morgan fingerprint density at radius 3 is 1.34 bits per heavy atom. The van der Waals surface area contributed by atoms with Crippen LogP contribution < -0.4 is 0 Å². The fourth-order valence-corrected chi connectivity index (χ4v) is 7.99. The number of ether oxygens (including phenoxy) is 4. The van der Waals surface area contributed by atoms with Crippen molar-refractivity contribution in [3.63, 3.8) is 0 Å². The Balaban J connectivity index is 2.23. The molecule has 0 aromatic heterocycles. The second-order valence-electron chi connectivity index (χ2n) is 18.0. The van der Waals surface area contributed by atoms with E-state index in [4.69, 9.17) is 18.9 Å². The molecule has 62 heavy (non-hydrogen) atoms. The number of rotatable bonds is 44. The number of carbonyl (C=O) groups is 2. The van der Waals surface area contributed by atoms with Gasteiger partial charge in [-0.05, 0) is 44.9 Å². The van der Waals surface area contributed by atoms with E-state index in [1.807, 2.05) is 0 Å². The Bertz CT molecular complexity index is 1060. The van der Waals surface area contributed by atoms with Gasteiger partial charge in [0.05, 0.1) is 13.2 Å². The molecule has 0 bridgehead atoms. The Morgan fingerprint density at radius 2 is 0.903 bits per heavy atom. The number of carbonyl (C=O) groups excluding carboxylic acids is 2. The van der Waals surface area contributed by atoms with Crippen LogP contribution >= 0.6 is 0 Å². The largest absolute Gasteiger partial charge is 0.462 e. The van der Waals surface area contributed by atoms with E-state index in [0.717, 1.165) is 44.9 Å². The van der Waals surface area contributed by atoms with Crippen LogP contribution in [0.3, 0.4) is 0 Å². The molecule has 364 valence electrons. The maximum absolute atomic E-state index is 12.8. The van der Waals surface area contributed by atoms with Gasteiger partial charge in [-0.1, -0.05) is 205 Å². The molecule has 0 aliphatic carbocycles. The number of hydrogen-bond acceptors (Lipinski definition) is 10. The van der Waals surface area contributed by atoms with E-state index in [-0.39, 0.29) is 32.0 Å². The van der Waals surface area contributed by atoms with Crippen molar-refractivity contribution in [1.82, 2.24) is 0 Å². The lowest BCUT2D eigenvalue weighted by Crippen LogP contribution is -2.59. The average molecular weight is 881 g/mol. The number of aliphatic hydroxyl groups is 4. The summed E-state index contributed by atoms with van der Waals surface area (Å²) in [6.45, 7) is 3.44. The summed E-state index contributed by atoms with van der Waals surface area (Å²) in [5, 5.41) is 40.2. The molecule has 1 fully saturated rings. The predicted molar refractivity (Wildman–Crippen MR) is 252 cm³/mol. The molecule has 1 heterocycles. The lowest BCUT2D eigenvalue weighted by molar-refractivity contribution is -0.305. The van der Waals surface area contributed by atoms with Crippen LogP contribution in [0.5, 0.6) is 0 Å². The molecule has 6 atom stereocenters. The molecule has 10 heteroatoms. The summed E-state index contributed by atoms with van der Waals surface area (Å²) < 4.78 is 22.2. The third-order valence-corrected chi connectivity index (χ3v) is 12.1. The maximum atomic E-state index is 12.8. The van der Waals surface area contributed by atoms with Gasteiger partial charge in [0.25, 0.3) is 0 Å². The minimum absolute atomic E-state index is 0.213. The van der Waals surface area contributed by atoms with Crippen molar-refractivity contribution in [2.45, 2.75) is 275 Å². The van der Waals surface area contributed by atoms with Gasteiger partial charge < -0.3 is 39.4 Å². The lowest BCUT2D eigenvalue weighted by Gasteiger charge is -2.39. The molecule has 1 saturated heterocycles. The van der Waals surface area contributed by atoms with Crippen molar-refractivity contribution in [3.05, 3.63) is 24.3 Å². The molecule has 0 radical (unpaired) electrons. The molecule has 1 aliphatic heterocycles. The second-order valence-corrected chi connectivity index (χ2v) is 18.0. The van der Waals surface area contributed by atoms with E-state index in [1.54, 1.807) is 0 Å². The molecule has 0 aromatic rings. The first-order valence-corrected chi connectivity index (χ1v) is 25.9. The van der Waals surface area contributed by atoms with Crippen molar-refractivity contribution in [1.29, 1.82) is 0 Å². The monoisotopic (exact) mass is 881 g/mol. The third kappa shape index (κ3) is 33.7. The quantitative estimate of drug-likeness (QED) is 0.0264. The standard InChI is InChI=1S/C52H96O10/c1-3-5-7-9-11-13-15-17-19-20-21-22-23-24-25-26-27-29-31-33-35-37-39-41-48(55)61-45(44-60-52-51(58)50(57)49(56)46(42-53)62-52)43-59-47(54)40-38-36-34-32-30-28-18-16-14-12-10-8-6-4-2/h15,17,20-21,45-46,49-53,56-58H,3-14,16,18-19,22-44H2,1-2H3/b17-15-,21-20-. The van der Waals surface area contributed by atoms with Gasteiger partial charge in [-0.25, -0.2) is 0 Å². The van der Waals surface area contributed by atoms with E-state index in [2.05, 4.69) is 38.2 Å². The van der Waals surface area contributed by atoms with E-state index in [0.29, 0.717) is 6.42 Å². The van der Waals surface area contributed by atoms with Crippen molar-refractivity contribution in [2.24, 2.45) is 0 Å². The topological polar surface area (TPSA) is 152 Å². The normalized spacial score (nSPS) is 19.7. The van der Waals surface area contributed by atoms with Crippen LogP contribution in [0.1, 0.15) is 239 Å². The van der Waals surface area contributed by atoms with Crippen LogP contribution in [0.2, 0.25) is 0 Å². The summed E-state index contributed by atoms with van der Waals surface area (Å²) >= 11 is 0. The Kier molecular flexibility index (Phi) is 40.4. The second kappa shape index (κ2) is 43.1. The van der Waals surface area contributed by atoms with Gasteiger partial charge >= 0.3 is 11.9 Å². The van der Waals surface area contributed by atoms with Crippen molar-refractivity contribution < 1.29 is 49.0 Å². The lowest BCUT2D eigenvalue weighted by atomic mass is 9.99. The van der Waals surface area contributed by atoms with Gasteiger partial charge in [-0.2, -0.15) is 0 Å². The number of esters is 2. The first kappa shape index (κ1) is 58.2. The smallest absolute Gasteiger partial charge is 0.306 e. The highest BCUT2D eigenvalue weighted by atomic mass is 16.7. The average Bonchev–Trinajstić information content (AvgIpc) is 3.27. The summed E-state index contributed by atoms with van der Waals surface area (Å²) in [6.07, 6.45) is 41.8. The highest BCUT2D eigenvalue weighted by Crippen LogP contribution is 2.23. The van der Waals surface area contributed by atoms with E-state index in [1.165, 1.54) is 161 Å². The molecule has 10 nitrogen and oxygen atoms in total. The molecule has 0 saturated carbocycles. The van der Waals surface area contributed by atoms with Crippen LogP contribution in [0.25, 0.3) is 0 Å². The number of hydrogen-bond donors (Lipinski definition) is 4. The highest BCUT2D eigenvalue weighted by Gasteiger charge is 2.44. The summed E-state index contributed by atoms with van der Waals surface area (Å²) in [5.41, 5.74) is 0. The van der Waals surface area contributed by atoms with Crippen molar-refractivity contribution >= 4 is 11.9 Å². The molecule has 4 N–H and O–H groups in total. The fraction of sp³-hybridized carbons (Fsp3) is 0.885. The van der Waals surface area contributed by atoms with Gasteiger partial charge in [-0.15, -0.1) is 0 Å². The zero-order valence-electron chi connectivity index (χ0n) is 39.9.